The van der Waals surface area contributed by atoms with Gasteiger partial charge in [0.2, 0.25) is 0 Å². The molecule has 1 aliphatic heterocycles. The van der Waals surface area contributed by atoms with Crippen molar-refractivity contribution in [1.82, 2.24) is 0 Å². The van der Waals surface area contributed by atoms with Crippen LogP contribution in [0.3, 0.4) is 0 Å². The van der Waals surface area contributed by atoms with Crippen LogP contribution >= 0.6 is 0 Å². The predicted molar refractivity (Wildman–Crippen MR) is 90.6 cm³/mol. The molecular formula is C21H20O2. The Kier molecular flexibility index (Phi) is 3.53. The quantitative estimate of drug-likeness (QED) is 0.786. The van der Waals surface area contributed by atoms with Crippen molar-refractivity contribution >= 4 is 11.5 Å². The van der Waals surface area contributed by atoms with Gasteiger partial charge in [0.05, 0.1) is 5.41 Å². The van der Waals surface area contributed by atoms with E-state index in [1.807, 2.05) is 48.5 Å². The fraction of sp³-hybridized carbons (Fsp3) is 0.286. The molecule has 2 aromatic rings. The first-order valence-corrected chi connectivity index (χ1v) is 8.33. The molecule has 0 unspecified atom stereocenters. The van der Waals surface area contributed by atoms with Crippen LogP contribution in [0.1, 0.15) is 42.9 Å². The van der Waals surface area contributed by atoms with E-state index in [9.17, 15) is 4.79 Å². The molecular weight excluding hydrogens is 284 g/mol. The molecule has 23 heavy (non-hydrogen) atoms. The predicted octanol–water partition coefficient (Wildman–Crippen LogP) is 4.93. The van der Waals surface area contributed by atoms with E-state index < -0.39 is 0 Å². The molecule has 0 N–H and O–H groups in total. The average Bonchev–Trinajstić information content (AvgIpc) is 3.09. The summed E-state index contributed by atoms with van der Waals surface area (Å²) in [6.45, 7) is 0. The van der Waals surface area contributed by atoms with Crippen molar-refractivity contribution in [2.45, 2.75) is 31.8 Å². The number of hydrogen-bond acceptors (Lipinski definition) is 2. The summed E-state index contributed by atoms with van der Waals surface area (Å²) >= 11 is 0. The van der Waals surface area contributed by atoms with E-state index in [1.54, 1.807) is 6.08 Å². The molecule has 1 spiro atoms. The summed E-state index contributed by atoms with van der Waals surface area (Å²) in [6, 6.07) is 20.1. The van der Waals surface area contributed by atoms with Crippen LogP contribution in [-0.2, 0) is 9.53 Å². The molecule has 0 aromatic heterocycles. The highest BCUT2D eigenvalue weighted by Gasteiger charge is 2.51. The van der Waals surface area contributed by atoms with Crippen LogP contribution < -0.4 is 0 Å². The minimum atomic E-state index is -0.375. The van der Waals surface area contributed by atoms with E-state index in [-0.39, 0.29) is 17.3 Å². The summed E-state index contributed by atoms with van der Waals surface area (Å²) < 4.78 is 6.41. The van der Waals surface area contributed by atoms with Gasteiger partial charge in [0.1, 0.15) is 11.9 Å². The highest BCUT2D eigenvalue weighted by molar-refractivity contribution is 6.01. The average molecular weight is 304 g/mol. The summed E-state index contributed by atoms with van der Waals surface area (Å²) in [5.41, 5.74) is 1.69. The SMILES string of the molecule is O=C1C=C(c2ccccc2)O[C@@H](c2ccccc2)C12CCCC2. The van der Waals surface area contributed by atoms with Crippen molar-refractivity contribution in [1.29, 1.82) is 0 Å². The van der Waals surface area contributed by atoms with Gasteiger partial charge < -0.3 is 4.74 Å². The van der Waals surface area contributed by atoms with Gasteiger partial charge in [-0.15, -0.1) is 0 Å². The minimum Gasteiger partial charge on any atom is -0.484 e. The van der Waals surface area contributed by atoms with E-state index in [1.165, 1.54) is 0 Å². The van der Waals surface area contributed by atoms with Crippen molar-refractivity contribution < 1.29 is 9.53 Å². The molecule has 1 fully saturated rings. The van der Waals surface area contributed by atoms with Gasteiger partial charge in [-0.3, -0.25) is 4.79 Å². The Hall–Kier alpha value is -2.35. The zero-order valence-electron chi connectivity index (χ0n) is 13.1. The Morgan fingerprint density at radius 2 is 1.48 bits per heavy atom. The molecule has 2 aliphatic rings. The van der Waals surface area contributed by atoms with E-state index in [2.05, 4.69) is 12.1 Å². The van der Waals surface area contributed by atoms with Crippen LogP contribution in [0.2, 0.25) is 0 Å². The number of carbonyl (C=O) groups is 1. The van der Waals surface area contributed by atoms with Crippen molar-refractivity contribution in [3.05, 3.63) is 77.9 Å². The Morgan fingerprint density at radius 3 is 2.13 bits per heavy atom. The molecule has 0 bridgehead atoms. The van der Waals surface area contributed by atoms with Crippen LogP contribution in [0.5, 0.6) is 0 Å². The molecule has 2 heteroatoms. The van der Waals surface area contributed by atoms with Crippen LogP contribution in [0, 0.1) is 5.41 Å². The molecule has 1 atom stereocenters. The number of ketones is 1. The summed E-state index contributed by atoms with van der Waals surface area (Å²) in [5.74, 6) is 0.927. The zero-order chi connectivity index (χ0) is 15.7. The molecule has 1 saturated carbocycles. The van der Waals surface area contributed by atoms with Crippen LogP contribution in [0.4, 0.5) is 0 Å². The van der Waals surface area contributed by atoms with Gasteiger partial charge in [-0.2, -0.15) is 0 Å². The lowest BCUT2D eigenvalue weighted by atomic mass is 9.72. The maximum Gasteiger partial charge on any atom is 0.169 e. The smallest absolute Gasteiger partial charge is 0.169 e. The number of rotatable bonds is 2. The fourth-order valence-electron chi connectivity index (χ4n) is 3.95. The molecule has 1 aliphatic carbocycles. The Bertz CT molecular complexity index is 725. The monoisotopic (exact) mass is 304 g/mol. The topological polar surface area (TPSA) is 26.3 Å². The standard InChI is InChI=1S/C21H20O2/c22-19-15-18(16-9-3-1-4-10-16)23-20(17-11-5-2-6-12-17)21(19)13-7-8-14-21/h1-6,9-12,15,20H,7-8,13-14H2/t20-/m0/s1. The minimum absolute atomic E-state index is 0.182. The Morgan fingerprint density at radius 1 is 0.870 bits per heavy atom. The first-order chi connectivity index (χ1) is 11.3. The van der Waals surface area contributed by atoms with E-state index in [0.29, 0.717) is 5.76 Å². The molecule has 116 valence electrons. The maximum absolute atomic E-state index is 13.0. The fourth-order valence-corrected chi connectivity index (χ4v) is 3.95. The lowest BCUT2D eigenvalue weighted by Gasteiger charge is -2.39. The Labute approximate surface area is 136 Å². The van der Waals surface area contributed by atoms with Crippen molar-refractivity contribution in [2.24, 2.45) is 5.41 Å². The normalized spacial score (nSPS) is 22.7. The molecule has 0 amide bonds. The second kappa shape index (κ2) is 5.69. The molecule has 1 heterocycles. The number of allylic oxidation sites excluding steroid dienone is 1. The highest BCUT2D eigenvalue weighted by Crippen LogP contribution is 2.54. The first kappa shape index (κ1) is 14.3. The maximum atomic E-state index is 13.0. The highest BCUT2D eigenvalue weighted by atomic mass is 16.5. The van der Waals surface area contributed by atoms with Gasteiger partial charge in [-0.25, -0.2) is 0 Å². The lowest BCUT2D eigenvalue weighted by molar-refractivity contribution is -0.132. The van der Waals surface area contributed by atoms with Crippen LogP contribution in [0.25, 0.3) is 5.76 Å². The second-order valence-electron chi connectivity index (χ2n) is 6.51. The van der Waals surface area contributed by atoms with Gasteiger partial charge in [0.25, 0.3) is 0 Å². The first-order valence-electron chi connectivity index (χ1n) is 8.33. The van der Waals surface area contributed by atoms with Gasteiger partial charge in [0, 0.05) is 11.6 Å². The molecule has 2 aromatic carbocycles. The third-order valence-electron chi connectivity index (χ3n) is 5.16. The largest absolute Gasteiger partial charge is 0.484 e. The van der Waals surface area contributed by atoms with Gasteiger partial charge >= 0.3 is 0 Å². The second-order valence-corrected chi connectivity index (χ2v) is 6.51. The van der Waals surface area contributed by atoms with Crippen molar-refractivity contribution in [2.75, 3.05) is 0 Å². The molecule has 2 nitrogen and oxygen atoms in total. The summed E-state index contributed by atoms with van der Waals surface area (Å²) in [7, 11) is 0. The molecule has 0 saturated heterocycles. The summed E-state index contributed by atoms with van der Waals surface area (Å²) in [5, 5.41) is 0. The van der Waals surface area contributed by atoms with Gasteiger partial charge in [0.15, 0.2) is 5.78 Å². The van der Waals surface area contributed by atoms with E-state index in [0.717, 1.165) is 36.8 Å². The van der Waals surface area contributed by atoms with Gasteiger partial charge in [-0.05, 0) is 18.4 Å². The summed E-state index contributed by atoms with van der Waals surface area (Å²) in [6.07, 6.45) is 5.59. The van der Waals surface area contributed by atoms with Crippen molar-refractivity contribution in [3.63, 3.8) is 0 Å². The molecule has 0 radical (unpaired) electrons. The third kappa shape index (κ3) is 2.39. The molecule has 4 rings (SSSR count). The van der Waals surface area contributed by atoms with Gasteiger partial charge in [-0.1, -0.05) is 73.5 Å². The van der Waals surface area contributed by atoms with E-state index >= 15 is 0 Å². The lowest BCUT2D eigenvalue weighted by Crippen LogP contribution is -2.38. The van der Waals surface area contributed by atoms with Crippen LogP contribution in [0.15, 0.2) is 66.7 Å². The number of benzene rings is 2. The summed E-state index contributed by atoms with van der Waals surface area (Å²) in [4.78, 5) is 13.0. The van der Waals surface area contributed by atoms with E-state index in [4.69, 9.17) is 4.74 Å². The van der Waals surface area contributed by atoms with Crippen molar-refractivity contribution in [3.8, 4) is 0 Å². The zero-order valence-corrected chi connectivity index (χ0v) is 13.1. The number of carbonyl (C=O) groups excluding carboxylic acids is 1. The number of ether oxygens (including phenoxy) is 1. The number of hydrogen-bond donors (Lipinski definition) is 0. The Balaban J connectivity index is 1.79. The van der Waals surface area contributed by atoms with Crippen LogP contribution in [-0.4, -0.2) is 5.78 Å². The third-order valence-corrected chi connectivity index (χ3v) is 5.16.